The van der Waals surface area contributed by atoms with Crippen molar-refractivity contribution in [1.82, 2.24) is 0 Å². The summed E-state index contributed by atoms with van der Waals surface area (Å²) in [5, 5.41) is 11.2. The normalized spacial score (nSPS) is 10.7. The summed E-state index contributed by atoms with van der Waals surface area (Å²) in [5.74, 6) is -0.131. The molecule has 24 heavy (non-hydrogen) atoms. The van der Waals surface area contributed by atoms with Crippen LogP contribution >= 0.6 is 0 Å². The number of amides is 1. The monoisotopic (exact) mass is 315 g/mol. The smallest absolute Gasteiger partial charge is 0.255 e. The lowest BCUT2D eigenvalue weighted by molar-refractivity contribution is 0.102. The van der Waals surface area contributed by atoms with Crippen molar-refractivity contribution in [2.45, 2.75) is 6.92 Å². The average molecular weight is 315 g/mol. The molecule has 0 spiro atoms. The van der Waals surface area contributed by atoms with Crippen LogP contribution in [-0.4, -0.2) is 5.91 Å². The molecule has 0 unspecified atom stereocenters. The summed E-state index contributed by atoms with van der Waals surface area (Å²) in [6.45, 7) is 1.99. The van der Waals surface area contributed by atoms with Crippen molar-refractivity contribution in [3.8, 4) is 0 Å². The van der Waals surface area contributed by atoms with Gasteiger partial charge in [-0.1, -0.05) is 35.9 Å². The number of aryl methyl sites for hydroxylation is 1. The number of hydrogen-bond acceptors (Lipinski definition) is 3. The lowest BCUT2D eigenvalue weighted by atomic mass is 10.1. The van der Waals surface area contributed by atoms with Crippen LogP contribution in [0.3, 0.4) is 0 Å². The quantitative estimate of drug-likeness (QED) is 0.620. The van der Waals surface area contributed by atoms with E-state index < -0.39 is 0 Å². The first-order chi connectivity index (χ1) is 11.7. The van der Waals surface area contributed by atoms with Crippen molar-refractivity contribution < 1.29 is 4.79 Å². The maximum Gasteiger partial charge on any atom is 0.255 e. The highest BCUT2D eigenvalue weighted by Crippen LogP contribution is 2.20. The Bertz CT molecular complexity index is 838. The van der Waals surface area contributed by atoms with Gasteiger partial charge in [-0.25, -0.2) is 0 Å². The summed E-state index contributed by atoms with van der Waals surface area (Å²) < 4.78 is 0. The molecule has 4 nitrogen and oxygen atoms in total. The number of carbonyl (C=O) groups excluding carboxylic acids is 1. The van der Waals surface area contributed by atoms with Gasteiger partial charge in [-0.2, -0.15) is 10.2 Å². The van der Waals surface area contributed by atoms with Crippen LogP contribution in [-0.2, 0) is 0 Å². The summed E-state index contributed by atoms with van der Waals surface area (Å²) >= 11 is 0. The molecule has 0 aromatic heterocycles. The zero-order chi connectivity index (χ0) is 16.8. The third kappa shape index (κ3) is 4.14. The lowest BCUT2D eigenvalue weighted by Gasteiger charge is -2.05. The second-order valence-corrected chi connectivity index (χ2v) is 5.40. The van der Waals surface area contributed by atoms with Gasteiger partial charge in [0.05, 0.1) is 11.4 Å². The van der Waals surface area contributed by atoms with Crippen molar-refractivity contribution in [2.24, 2.45) is 10.2 Å². The van der Waals surface area contributed by atoms with Gasteiger partial charge in [-0.3, -0.25) is 4.79 Å². The number of anilines is 1. The van der Waals surface area contributed by atoms with Crippen molar-refractivity contribution >= 4 is 23.0 Å². The molecule has 0 fully saturated rings. The molecule has 3 rings (SSSR count). The minimum atomic E-state index is -0.131. The molecular weight excluding hydrogens is 298 g/mol. The highest BCUT2D eigenvalue weighted by atomic mass is 16.1. The first kappa shape index (κ1) is 15.6. The van der Waals surface area contributed by atoms with Crippen LogP contribution < -0.4 is 5.32 Å². The molecule has 1 N–H and O–H groups in total. The molecule has 118 valence electrons. The van der Waals surface area contributed by atoms with Gasteiger partial charge in [0.15, 0.2) is 0 Å². The number of hydrogen-bond donors (Lipinski definition) is 1. The minimum Gasteiger partial charge on any atom is -0.322 e. The molecule has 3 aromatic rings. The topological polar surface area (TPSA) is 53.8 Å². The SMILES string of the molecule is Cc1ccc(C(=O)Nc2ccc(N=Nc3ccccc3)cc2)cc1. The van der Waals surface area contributed by atoms with Crippen molar-refractivity contribution in [1.29, 1.82) is 0 Å². The van der Waals surface area contributed by atoms with Crippen LogP contribution in [0.2, 0.25) is 0 Å². The Morgan fingerprint density at radius 3 is 1.96 bits per heavy atom. The van der Waals surface area contributed by atoms with Gasteiger partial charge in [0.25, 0.3) is 5.91 Å². The van der Waals surface area contributed by atoms with E-state index in [1.807, 2.05) is 85.8 Å². The fraction of sp³-hybridized carbons (Fsp3) is 0.0500. The molecule has 0 radical (unpaired) electrons. The minimum absolute atomic E-state index is 0.131. The predicted octanol–water partition coefficient (Wildman–Crippen LogP) is 5.66. The Labute approximate surface area is 140 Å². The zero-order valence-corrected chi connectivity index (χ0v) is 13.3. The highest BCUT2D eigenvalue weighted by molar-refractivity contribution is 6.04. The first-order valence-corrected chi connectivity index (χ1v) is 7.65. The number of azo groups is 1. The van der Waals surface area contributed by atoms with E-state index in [4.69, 9.17) is 0 Å². The van der Waals surface area contributed by atoms with E-state index in [2.05, 4.69) is 15.5 Å². The largest absolute Gasteiger partial charge is 0.322 e. The van der Waals surface area contributed by atoms with Gasteiger partial charge >= 0.3 is 0 Å². The van der Waals surface area contributed by atoms with Crippen LogP contribution in [0.25, 0.3) is 0 Å². The Kier molecular flexibility index (Phi) is 4.77. The molecule has 1 amide bonds. The van der Waals surface area contributed by atoms with E-state index in [0.717, 1.165) is 22.6 Å². The van der Waals surface area contributed by atoms with Gasteiger partial charge in [0.1, 0.15) is 0 Å². The standard InChI is InChI=1S/C20H17N3O/c1-15-7-9-16(10-8-15)20(24)21-17-11-13-19(14-12-17)23-22-18-5-3-2-4-6-18/h2-14H,1H3,(H,21,24). The predicted molar refractivity (Wildman–Crippen MR) is 96.2 cm³/mol. The van der Waals surface area contributed by atoms with E-state index >= 15 is 0 Å². The van der Waals surface area contributed by atoms with Crippen LogP contribution in [0.5, 0.6) is 0 Å². The molecule has 0 aliphatic rings. The number of benzene rings is 3. The fourth-order valence-corrected chi connectivity index (χ4v) is 2.13. The van der Waals surface area contributed by atoms with Crippen LogP contribution in [0, 0.1) is 6.92 Å². The zero-order valence-electron chi connectivity index (χ0n) is 13.3. The van der Waals surface area contributed by atoms with E-state index in [1.54, 1.807) is 0 Å². The second kappa shape index (κ2) is 7.33. The molecule has 0 heterocycles. The van der Waals surface area contributed by atoms with Gasteiger partial charge in [-0.15, -0.1) is 0 Å². The maximum absolute atomic E-state index is 12.2. The Balaban J connectivity index is 1.65. The Morgan fingerprint density at radius 1 is 0.750 bits per heavy atom. The van der Waals surface area contributed by atoms with E-state index in [0.29, 0.717) is 5.56 Å². The number of nitrogens with one attached hydrogen (secondary N) is 1. The molecular formula is C20H17N3O. The van der Waals surface area contributed by atoms with Crippen LogP contribution in [0.4, 0.5) is 17.1 Å². The lowest BCUT2D eigenvalue weighted by Crippen LogP contribution is -2.11. The third-order valence-corrected chi connectivity index (χ3v) is 3.48. The van der Waals surface area contributed by atoms with Crippen molar-refractivity contribution in [3.05, 3.63) is 90.0 Å². The van der Waals surface area contributed by atoms with Gasteiger partial charge in [0, 0.05) is 11.3 Å². The Hall–Kier alpha value is -3.27. The third-order valence-electron chi connectivity index (χ3n) is 3.48. The maximum atomic E-state index is 12.2. The summed E-state index contributed by atoms with van der Waals surface area (Å²) in [7, 11) is 0. The molecule has 0 aliphatic heterocycles. The molecule has 0 aliphatic carbocycles. The van der Waals surface area contributed by atoms with E-state index in [1.165, 1.54) is 0 Å². The average Bonchev–Trinajstić information content (AvgIpc) is 2.62. The van der Waals surface area contributed by atoms with Gasteiger partial charge < -0.3 is 5.32 Å². The molecule has 3 aromatic carbocycles. The molecule has 0 saturated carbocycles. The Morgan fingerprint density at radius 2 is 1.33 bits per heavy atom. The first-order valence-electron chi connectivity index (χ1n) is 7.65. The number of rotatable bonds is 4. The molecule has 4 heteroatoms. The van der Waals surface area contributed by atoms with Crippen molar-refractivity contribution in [3.63, 3.8) is 0 Å². The summed E-state index contributed by atoms with van der Waals surface area (Å²) in [6.07, 6.45) is 0. The van der Waals surface area contributed by atoms with E-state index in [9.17, 15) is 4.79 Å². The summed E-state index contributed by atoms with van der Waals surface area (Å²) in [5.41, 5.74) is 4.01. The molecule has 0 saturated heterocycles. The van der Waals surface area contributed by atoms with Crippen LogP contribution in [0.1, 0.15) is 15.9 Å². The van der Waals surface area contributed by atoms with Crippen molar-refractivity contribution in [2.75, 3.05) is 5.32 Å². The number of carbonyl (C=O) groups is 1. The summed E-state index contributed by atoms with van der Waals surface area (Å²) in [6, 6.07) is 24.3. The van der Waals surface area contributed by atoms with Gasteiger partial charge in [-0.05, 0) is 55.5 Å². The molecule has 0 atom stereocenters. The number of nitrogens with zero attached hydrogens (tertiary/aromatic N) is 2. The second-order valence-electron chi connectivity index (χ2n) is 5.40. The highest BCUT2D eigenvalue weighted by Gasteiger charge is 2.05. The van der Waals surface area contributed by atoms with Crippen LogP contribution in [0.15, 0.2) is 89.1 Å². The fourth-order valence-electron chi connectivity index (χ4n) is 2.13. The van der Waals surface area contributed by atoms with Gasteiger partial charge in [0.2, 0.25) is 0 Å². The molecule has 0 bridgehead atoms. The van der Waals surface area contributed by atoms with E-state index in [-0.39, 0.29) is 5.91 Å². The summed E-state index contributed by atoms with van der Waals surface area (Å²) in [4.78, 5) is 12.2.